The molecule has 0 unspecified atom stereocenters. The largest absolute Gasteiger partial charge is 0.497 e. The van der Waals surface area contributed by atoms with Gasteiger partial charge in [-0.25, -0.2) is 0 Å². The summed E-state index contributed by atoms with van der Waals surface area (Å²) >= 11 is 0. The van der Waals surface area contributed by atoms with Crippen LogP contribution in [-0.2, 0) is 10.2 Å². The van der Waals surface area contributed by atoms with Crippen molar-refractivity contribution in [2.75, 3.05) is 31.5 Å². The Hall–Kier alpha value is -1.31. The Morgan fingerprint density at radius 1 is 1.38 bits per heavy atom. The molecular weight excluding hydrogens is 292 g/mol. The van der Waals surface area contributed by atoms with Crippen LogP contribution >= 0.6 is 0 Å². The van der Waals surface area contributed by atoms with Gasteiger partial charge in [0.2, 0.25) is 0 Å². The Morgan fingerprint density at radius 3 is 2.57 bits per heavy atom. The fraction of sp³-hybridized carbons (Fsp3) is 0.571. The zero-order valence-electron chi connectivity index (χ0n) is 12.4. The molecular formula is C14H22N2O4S. The molecule has 1 aromatic carbocycles. The maximum atomic E-state index is 12.4. The smallest absolute Gasteiger partial charge is 0.301 e. The van der Waals surface area contributed by atoms with Crippen LogP contribution in [0.3, 0.4) is 0 Å². The SMILES string of the molecule is COc1ccc(NS(=O)(=O)N2CCC(CO)CC2)c(C)c1. The van der Waals surface area contributed by atoms with Crippen LogP contribution in [0.15, 0.2) is 18.2 Å². The fourth-order valence-electron chi connectivity index (χ4n) is 2.41. The van der Waals surface area contributed by atoms with Crippen LogP contribution < -0.4 is 9.46 Å². The molecule has 7 heteroatoms. The van der Waals surface area contributed by atoms with Gasteiger partial charge in [0.05, 0.1) is 12.8 Å². The third kappa shape index (κ3) is 3.87. The second-order valence-electron chi connectivity index (χ2n) is 5.31. The van der Waals surface area contributed by atoms with Crippen molar-refractivity contribution in [3.05, 3.63) is 23.8 Å². The molecule has 2 N–H and O–H groups in total. The normalized spacial score (nSPS) is 17.7. The average molecular weight is 314 g/mol. The second-order valence-corrected chi connectivity index (χ2v) is 6.98. The van der Waals surface area contributed by atoms with E-state index in [1.165, 1.54) is 4.31 Å². The van der Waals surface area contributed by atoms with E-state index < -0.39 is 10.2 Å². The summed E-state index contributed by atoms with van der Waals surface area (Å²) in [5.41, 5.74) is 1.36. The Kier molecular flexibility index (Phi) is 5.08. The minimum Gasteiger partial charge on any atom is -0.497 e. The summed E-state index contributed by atoms with van der Waals surface area (Å²) < 4.78 is 33.9. The Morgan fingerprint density at radius 2 is 2.05 bits per heavy atom. The van der Waals surface area contributed by atoms with Crippen LogP contribution in [0.4, 0.5) is 5.69 Å². The number of aliphatic hydroxyl groups excluding tert-OH is 1. The number of hydrogen-bond acceptors (Lipinski definition) is 4. The standard InChI is InChI=1S/C14H22N2O4S/c1-11-9-13(20-2)3-4-14(11)15-21(18,19)16-7-5-12(10-17)6-8-16/h3-4,9,12,15,17H,5-8,10H2,1-2H3. The van der Waals surface area contributed by atoms with Crippen molar-refractivity contribution in [1.29, 1.82) is 0 Å². The van der Waals surface area contributed by atoms with Crippen LogP contribution in [0.25, 0.3) is 0 Å². The van der Waals surface area contributed by atoms with E-state index in [0.29, 0.717) is 37.4 Å². The highest BCUT2D eigenvalue weighted by molar-refractivity contribution is 7.90. The molecule has 118 valence electrons. The molecule has 0 atom stereocenters. The molecule has 0 amide bonds. The summed E-state index contributed by atoms with van der Waals surface area (Å²) in [6.07, 6.45) is 1.39. The topological polar surface area (TPSA) is 78.9 Å². The first kappa shape index (κ1) is 16.1. The first-order valence-corrected chi connectivity index (χ1v) is 8.43. The van der Waals surface area contributed by atoms with Crippen molar-refractivity contribution in [3.8, 4) is 5.75 Å². The zero-order chi connectivity index (χ0) is 15.5. The molecule has 0 bridgehead atoms. The van der Waals surface area contributed by atoms with E-state index in [0.717, 1.165) is 5.56 Å². The van der Waals surface area contributed by atoms with Crippen LogP contribution in [0.1, 0.15) is 18.4 Å². The minimum atomic E-state index is -3.55. The second kappa shape index (κ2) is 6.64. The van der Waals surface area contributed by atoms with E-state index in [9.17, 15) is 8.42 Å². The predicted molar refractivity (Wildman–Crippen MR) is 81.7 cm³/mol. The molecule has 2 rings (SSSR count). The highest BCUT2D eigenvalue weighted by atomic mass is 32.2. The van der Waals surface area contributed by atoms with Crippen LogP contribution in [0, 0.1) is 12.8 Å². The summed E-state index contributed by atoms with van der Waals surface area (Å²) in [6.45, 7) is 2.84. The highest BCUT2D eigenvalue weighted by Crippen LogP contribution is 2.24. The molecule has 1 fully saturated rings. The van der Waals surface area contributed by atoms with E-state index in [4.69, 9.17) is 9.84 Å². The lowest BCUT2D eigenvalue weighted by Gasteiger charge is -2.30. The number of hydrogen-bond donors (Lipinski definition) is 2. The molecule has 0 spiro atoms. The third-order valence-corrected chi connectivity index (χ3v) is 5.37. The van der Waals surface area contributed by atoms with Crippen molar-refractivity contribution < 1.29 is 18.3 Å². The van der Waals surface area contributed by atoms with Gasteiger partial charge in [-0.15, -0.1) is 0 Å². The van der Waals surface area contributed by atoms with E-state index >= 15 is 0 Å². The first-order chi connectivity index (χ1) is 9.96. The maximum absolute atomic E-state index is 12.4. The predicted octanol–water partition coefficient (Wildman–Crippen LogP) is 1.36. The Bertz CT molecular complexity index is 581. The van der Waals surface area contributed by atoms with Crippen LogP contribution in [0.5, 0.6) is 5.75 Å². The monoisotopic (exact) mass is 314 g/mol. The zero-order valence-corrected chi connectivity index (χ0v) is 13.2. The minimum absolute atomic E-state index is 0.124. The molecule has 1 aliphatic heterocycles. The van der Waals surface area contributed by atoms with Gasteiger partial charge in [-0.3, -0.25) is 4.72 Å². The number of anilines is 1. The summed E-state index contributed by atoms with van der Waals surface area (Å²) in [6, 6.07) is 5.21. The molecule has 1 heterocycles. The van der Waals surface area contributed by atoms with E-state index in [-0.39, 0.29) is 12.5 Å². The summed E-state index contributed by atoms with van der Waals surface area (Å²) in [5.74, 6) is 0.901. The molecule has 6 nitrogen and oxygen atoms in total. The number of nitrogens with one attached hydrogen (secondary N) is 1. The molecule has 0 radical (unpaired) electrons. The third-order valence-electron chi connectivity index (χ3n) is 3.84. The van der Waals surface area contributed by atoms with Gasteiger partial charge < -0.3 is 9.84 Å². The van der Waals surface area contributed by atoms with Gasteiger partial charge in [-0.05, 0) is 49.4 Å². The van der Waals surface area contributed by atoms with Crippen molar-refractivity contribution in [1.82, 2.24) is 4.31 Å². The number of piperidine rings is 1. The van der Waals surface area contributed by atoms with Gasteiger partial charge in [0.1, 0.15) is 5.75 Å². The molecule has 1 aromatic rings. The summed E-state index contributed by atoms with van der Waals surface area (Å²) in [4.78, 5) is 0. The van der Waals surface area contributed by atoms with Gasteiger partial charge in [0.15, 0.2) is 0 Å². The van der Waals surface area contributed by atoms with E-state index in [1.54, 1.807) is 25.3 Å². The lowest BCUT2D eigenvalue weighted by atomic mass is 10.00. The maximum Gasteiger partial charge on any atom is 0.301 e. The highest BCUT2D eigenvalue weighted by Gasteiger charge is 2.27. The summed E-state index contributed by atoms with van der Waals surface area (Å²) in [7, 11) is -1.98. The van der Waals surface area contributed by atoms with Crippen molar-refractivity contribution >= 4 is 15.9 Å². The number of nitrogens with zero attached hydrogens (tertiary/aromatic N) is 1. The number of benzene rings is 1. The van der Waals surface area contributed by atoms with Gasteiger partial charge in [0.25, 0.3) is 0 Å². The molecule has 0 aromatic heterocycles. The number of aliphatic hydroxyl groups is 1. The molecule has 1 saturated heterocycles. The number of aryl methyl sites for hydroxylation is 1. The van der Waals surface area contributed by atoms with Crippen LogP contribution in [0.2, 0.25) is 0 Å². The van der Waals surface area contributed by atoms with Crippen LogP contribution in [-0.4, -0.2) is 44.6 Å². The number of ether oxygens (including phenoxy) is 1. The van der Waals surface area contributed by atoms with Gasteiger partial charge in [0, 0.05) is 19.7 Å². The molecule has 0 saturated carbocycles. The molecule has 0 aliphatic carbocycles. The number of methoxy groups -OCH3 is 1. The van der Waals surface area contributed by atoms with Crippen molar-refractivity contribution in [2.24, 2.45) is 5.92 Å². The Balaban J connectivity index is 2.07. The summed E-state index contributed by atoms with van der Waals surface area (Å²) in [5, 5.41) is 9.11. The first-order valence-electron chi connectivity index (χ1n) is 6.99. The van der Waals surface area contributed by atoms with Gasteiger partial charge in [-0.2, -0.15) is 12.7 Å². The van der Waals surface area contributed by atoms with E-state index in [2.05, 4.69) is 4.72 Å². The van der Waals surface area contributed by atoms with Gasteiger partial charge >= 0.3 is 10.2 Å². The quantitative estimate of drug-likeness (QED) is 0.860. The molecule has 1 aliphatic rings. The van der Waals surface area contributed by atoms with E-state index in [1.807, 2.05) is 6.92 Å². The fourth-order valence-corrected chi connectivity index (χ4v) is 3.74. The lowest BCUT2D eigenvalue weighted by Crippen LogP contribution is -2.42. The lowest BCUT2D eigenvalue weighted by molar-refractivity contribution is 0.170. The molecule has 21 heavy (non-hydrogen) atoms. The average Bonchev–Trinajstić information content (AvgIpc) is 2.49. The van der Waals surface area contributed by atoms with Gasteiger partial charge in [-0.1, -0.05) is 0 Å². The Labute approximate surface area is 125 Å². The van der Waals surface area contributed by atoms with Crippen molar-refractivity contribution in [3.63, 3.8) is 0 Å². The van der Waals surface area contributed by atoms with Crippen molar-refractivity contribution in [2.45, 2.75) is 19.8 Å². The number of rotatable bonds is 5.